The van der Waals surface area contributed by atoms with Crippen molar-refractivity contribution in [3.8, 4) is 0 Å². The number of carbonyl (C=O) groups excluding carboxylic acids is 2. The smallest absolute Gasteiger partial charge is 0.233 e. The molecule has 1 aromatic heterocycles. The molecule has 0 bridgehead atoms. The van der Waals surface area contributed by atoms with E-state index in [2.05, 4.69) is 15.5 Å². The Bertz CT molecular complexity index is 585. The Morgan fingerprint density at radius 3 is 2.28 bits per heavy atom. The normalized spacial score (nSPS) is 14.6. The second kappa shape index (κ2) is 9.91. The van der Waals surface area contributed by atoms with Gasteiger partial charge in [-0.15, -0.1) is 10.2 Å². The molecule has 1 aliphatic rings. The number of nitrogens with one attached hydrogen (secondary N) is 1. The maximum Gasteiger partial charge on any atom is 0.233 e. The number of carbonyl (C=O) groups is 2. The van der Waals surface area contributed by atoms with E-state index in [0.29, 0.717) is 29.4 Å². The summed E-state index contributed by atoms with van der Waals surface area (Å²) in [7, 11) is 0. The number of rotatable bonds is 9. The van der Waals surface area contributed by atoms with Gasteiger partial charge in [0, 0.05) is 19.1 Å². The molecule has 10 heteroatoms. The highest BCUT2D eigenvalue weighted by Gasteiger charge is 2.19. The van der Waals surface area contributed by atoms with Crippen LogP contribution in [-0.2, 0) is 9.59 Å². The van der Waals surface area contributed by atoms with E-state index in [-0.39, 0.29) is 23.3 Å². The van der Waals surface area contributed by atoms with Crippen LogP contribution in [0, 0.1) is 0 Å². The Balaban J connectivity index is 1.79. The first kappa shape index (κ1) is 19.9. The molecule has 1 aliphatic carbocycles. The fourth-order valence-electron chi connectivity index (χ4n) is 2.72. The Labute approximate surface area is 156 Å². The van der Waals surface area contributed by atoms with E-state index in [1.165, 1.54) is 41.0 Å². The Kier molecular flexibility index (Phi) is 7.89. The molecular weight excluding hydrogens is 360 g/mol. The highest BCUT2D eigenvalue weighted by Crippen LogP contribution is 2.22. The average Bonchev–Trinajstić information content (AvgIpc) is 3.22. The first-order valence-electron chi connectivity index (χ1n) is 8.58. The van der Waals surface area contributed by atoms with Crippen molar-refractivity contribution < 1.29 is 9.59 Å². The molecule has 1 heterocycles. The monoisotopic (exact) mass is 386 g/mol. The molecule has 0 spiro atoms. The lowest BCUT2D eigenvalue weighted by molar-refractivity contribution is -0.128. The minimum absolute atomic E-state index is 0.00851. The lowest BCUT2D eigenvalue weighted by Crippen LogP contribution is -2.34. The van der Waals surface area contributed by atoms with Crippen molar-refractivity contribution in [2.45, 2.75) is 55.9 Å². The number of thioether (sulfide) groups is 2. The standard InChI is InChI=1S/C15H26N6O2S2/c1-3-20(4-2)13(23)10-25-15-19-18-14(21(15)16)24-9-12(22)17-11-7-5-6-8-11/h11H,3-10,16H2,1-2H3,(H,17,22). The third-order valence-corrected chi connectivity index (χ3v) is 6.00. The fraction of sp³-hybridized carbons (Fsp3) is 0.733. The quantitative estimate of drug-likeness (QED) is 0.483. The predicted molar refractivity (Wildman–Crippen MR) is 99.9 cm³/mol. The second-order valence-electron chi connectivity index (χ2n) is 5.83. The molecule has 1 saturated carbocycles. The first-order valence-corrected chi connectivity index (χ1v) is 10.6. The highest BCUT2D eigenvalue weighted by molar-refractivity contribution is 8.00. The number of amides is 2. The molecule has 2 amide bonds. The maximum absolute atomic E-state index is 12.0. The van der Waals surface area contributed by atoms with Gasteiger partial charge in [0.25, 0.3) is 0 Å². The van der Waals surface area contributed by atoms with E-state index < -0.39 is 0 Å². The number of hydrogen-bond donors (Lipinski definition) is 2. The number of nitrogen functional groups attached to an aromatic ring is 1. The molecule has 140 valence electrons. The van der Waals surface area contributed by atoms with Gasteiger partial charge in [-0.05, 0) is 26.7 Å². The van der Waals surface area contributed by atoms with Gasteiger partial charge in [-0.1, -0.05) is 36.4 Å². The molecule has 8 nitrogen and oxygen atoms in total. The number of aromatic nitrogens is 3. The summed E-state index contributed by atoms with van der Waals surface area (Å²) in [5.41, 5.74) is 0. The van der Waals surface area contributed by atoms with Crippen LogP contribution in [0.15, 0.2) is 10.3 Å². The van der Waals surface area contributed by atoms with E-state index in [1.807, 2.05) is 13.8 Å². The molecule has 1 fully saturated rings. The van der Waals surface area contributed by atoms with Crippen LogP contribution in [-0.4, -0.2) is 62.2 Å². The molecule has 0 radical (unpaired) electrons. The van der Waals surface area contributed by atoms with Gasteiger partial charge in [0.1, 0.15) is 0 Å². The summed E-state index contributed by atoms with van der Waals surface area (Å²) >= 11 is 2.51. The van der Waals surface area contributed by atoms with Gasteiger partial charge in [-0.2, -0.15) is 0 Å². The predicted octanol–water partition coefficient (Wildman–Crippen LogP) is 1.10. The molecule has 2 rings (SSSR count). The maximum atomic E-state index is 12.0. The van der Waals surface area contributed by atoms with Crippen LogP contribution in [0.2, 0.25) is 0 Å². The summed E-state index contributed by atoms with van der Waals surface area (Å²) in [6.07, 6.45) is 4.49. The van der Waals surface area contributed by atoms with Crippen molar-refractivity contribution in [2.75, 3.05) is 30.4 Å². The van der Waals surface area contributed by atoms with Crippen molar-refractivity contribution >= 4 is 35.3 Å². The third-order valence-electron chi connectivity index (χ3n) is 4.13. The average molecular weight is 387 g/mol. The van der Waals surface area contributed by atoms with Gasteiger partial charge in [-0.25, -0.2) is 4.68 Å². The van der Waals surface area contributed by atoms with Gasteiger partial charge >= 0.3 is 0 Å². The molecule has 0 unspecified atom stereocenters. The molecule has 0 atom stereocenters. The summed E-state index contributed by atoms with van der Waals surface area (Å²) in [6, 6.07) is 0.307. The van der Waals surface area contributed by atoms with Crippen molar-refractivity contribution in [2.24, 2.45) is 0 Å². The molecule has 0 saturated heterocycles. The Morgan fingerprint density at radius 2 is 1.72 bits per heavy atom. The first-order chi connectivity index (χ1) is 12.0. The van der Waals surface area contributed by atoms with Crippen molar-refractivity contribution in [3.63, 3.8) is 0 Å². The Hall–Kier alpha value is -1.42. The van der Waals surface area contributed by atoms with Gasteiger partial charge in [0.15, 0.2) is 0 Å². The van der Waals surface area contributed by atoms with Crippen LogP contribution >= 0.6 is 23.5 Å². The van der Waals surface area contributed by atoms with Crippen LogP contribution in [0.4, 0.5) is 0 Å². The van der Waals surface area contributed by atoms with Gasteiger partial charge < -0.3 is 16.1 Å². The molecule has 0 aliphatic heterocycles. The van der Waals surface area contributed by atoms with Crippen LogP contribution in [0.1, 0.15) is 39.5 Å². The zero-order chi connectivity index (χ0) is 18.2. The van der Waals surface area contributed by atoms with E-state index in [1.54, 1.807) is 4.90 Å². The minimum atomic E-state index is -0.00851. The number of hydrogen-bond acceptors (Lipinski definition) is 7. The topological polar surface area (TPSA) is 106 Å². The van der Waals surface area contributed by atoms with Crippen LogP contribution < -0.4 is 11.2 Å². The molecule has 3 N–H and O–H groups in total. The molecule has 25 heavy (non-hydrogen) atoms. The summed E-state index contributed by atoms with van der Waals surface area (Å²) in [5.74, 6) is 6.54. The lowest BCUT2D eigenvalue weighted by Gasteiger charge is -2.17. The van der Waals surface area contributed by atoms with Crippen molar-refractivity contribution in [1.82, 2.24) is 25.1 Å². The van der Waals surface area contributed by atoms with Crippen LogP contribution in [0.5, 0.6) is 0 Å². The molecule has 1 aromatic rings. The lowest BCUT2D eigenvalue weighted by atomic mass is 10.2. The SMILES string of the molecule is CCN(CC)C(=O)CSc1nnc(SCC(=O)NC2CCCC2)n1N. The largest absolute Gasteiger partial charge is 0.353 e. The van der Waals surface area contributed by atoms with E-state index in [4.69, 9.17) is 5.84 Å². The minimum Gasteiger partial charge on any atom is -0.353 e. The molecular formula is C15H26N6O2S2. The van der Waals surface area contributed by atoms with Crippen LogP contribution in [0.25, 0.3) is 0 Å². The summed E-state index contributed by atoms with van der Waals surface area (Å²) in [4.78, 5) is 25.7. The summed E-state index contributed by atoms with van der Waals surface area (Å²) in [5, 5.41) is 12.0. The summed E-state index contributed by atoms with van der Waals surface area (Å²) < 4.78 is 1.34. The highest BCUT2D eigenvalue weighted by atomic mass is 32.2. The molecule has 0 aromatic carbocycles. The summed E-state index contributed by atoms with van der Waals surface area (Å²) in [6.45, 7) is 5.26. The van der Waals surface area contributed by atoms with E-state index >= 15 is 0 Å². The van der Waals surface area contributed by atoms with Gasteiger partial charge in [0.2, 0.25) is 22.1 Å². The number of nitrogens with two attached hydrogens (primary N) is 1. The zero-order valence-electron chi connectivity index (χ0n) is 14.7. The fourth-order valence-corrected chi connectivity index (χ4v) is 4.21. The van der Waals surface area contributed by atoms with Crippen molar-refractivity contribution in [3.05, 3.63) is 0 Å². The van der Waals surface area contributed by atoms with Gasteiger partial charge in [0.05, 0.1) is 11.5 Å². The second-order valence-corrected chi connectivity index (χ2v) is 7.71. The number of nitrogens with zero attached hydrogens (tertiary/aromatic N) is 4. The van der Waals surface area contributed by atoms with Gasteiger partial charge in [-0.3, -0.25) is 9.59 Å². The third kappa shape index (κ3) is 5.81. The van der Waals surface area contributed by atoms with E-state index in [9.17, 15) is 9.59 Å². The van der Waals surface area contributed by atoms with Crippen LogP contribution in [0.3, 0.4) is 0 Å². The zero-order valence-corrected chi connectivity index (χ0v) is 16.4. The van der Waals surface area contributed by atoms with E-state index in [0.717, 1.165) is 12.8 Å². The van der Waals surface area contributed by atoms with Crippen molar-refractivity contribution in [1.29, 1.82) is 0 Å². The Morgan fingerprint density at radius 1 is 1.16 bits per heavy atom.